The van der Waals surface area contributed by atoms with E-state index in [1.165, 1.54) is 30.5 Å². The summed E-state index contributed by atoms with van der Waals surface area (Å²) >= 11 is 0. The minimum Gasteiger partial charge on any atom is -0.469 e. The summed E-state index contributed by atoms with van der Waals surface area (Å²) in [5.41, 5.74) is 0.691. The van der Waals surface area contributed by atoms with E-state index >= 15 is 0 Å². The van der Waals surface area contributed by atoms with Gasteiger partial charge in [-0.05, 0) is 38.1 Å². The molecule has 3 N–H and O–H groups in total. The quantitative estimate of drug-likeness (QED) is 0.745. The number of urea groups is 1. The van der Waals surface area contributed by atoms with Crippen molar-refractivity contribution < 1.29 is 23.2 Å². The first-order valence-electron chi connectivity index (χ1n) is 8.37. The Morgan fingerprint density at radius 2 is 2.11 bits per heavy atom. The molecule has 9 heteroatoms. The first-order valence-corrected chi connectivity index (χ1v) is 8.37. The molecular weight excluding hydrogens is 355 g/mol. The molecule has 1 unspecified atom stereocenters. The van der Waals surface area contributed by atoms with Gasteiger partial charge in [0.25, 0.3) is 11.8 Å². The monoisotopic (exact) mass is 374 g/mol. The third-order valence-electron chi connectivity index (χ3n) is 4.19. The molecule has 0 saturated carbocycles. The molecule has 1 aromatic heterocycles. The normalized spacial score (nSPS) is 14.6. The smallest absolute Gasteiger partial charge is 0.324 e. The highest BCUT2D eigenvalue weighted by Gasteiger charge is 2.29. The molecule has 27 heavy (non-hydrogen) atoms. The number of hydrogen-bond donors (Lipinski definition) is 3. The SMILES string of the molecule is Cc1occc1C(=O)Nc1cc(NC(C)C(=O)N2CCNC2=O)ccc1F. The lowest BCUT2D eigenvalue weighted by atomic mass is 10.2. The van der Waals surface area contributed by atoms with E-state index in [0.717, 1.165) is 4.90 Å². The second-order valence-electron chi connectivity index (χ2n) is 6.13. The molecule has 1 aromatic carbocycles. The van der Waals surface area contributed by atoms with Crippen molar-refractivity contribution >= 4 is 29.2 Å². The molecule has 1 fully saturated rings. The summed E-state index contributed by atoms with van der Waals surface area (Å²) in [5.74, 6) is -1.10. The highest BCUT2D eigenvalue weighted by atomic mass is 19.1. The Morgan fingerprint density at radius 3 is 2.74 bits per heavy atom. The molecule has 1 aliphatic heterocycles. The second kappa shape index (κ2) is 7.48. The van der Waals surface area contributed by atoms with Crippen LogP contribution in [0, 0.1) is 12.7 Å². The number of aryl methyl sites for hydroxylation is 1. The number of furan rings is 1. The standard InChI is InChI=1S/C18H19FN4O4/c1-10(17(25)23-7-6-20-18(23)26)21-12-3-4-14(19)15(9-12)22-16(24)13-5-8-27-11(13)2/h3-5,8-10,21H,6-7H2,1-2H3,(H,20,26)(H,22,24). The average molecular weight is 374 g/mol. The summed E-state index contributed by atoms with van der Waals surface area (Å²) in [5, 5.41) is 7.96. The Labute approximate surface area is 154 Å². The van der Waals surface area contributed by atoms with E-state index in [2.05, 4.69) is 16.0 Å². The zero-order chi connectivity index (χ0) is 19.6. The summed E-state index contributed by atoms with van der Waals surface area (Å²) in [6.07, 6.45) is 1.38. The number of halogens is 1. The van der Waals surface area contributed by atoms with Crippen LogP contribution in [0.25, 0.3) is 0 Å². The number of hydrogen-bond acceptors (Lipinski definition) is 5. The van der Waals surface area contributed by atoms with Crippen LogP contribution in [0.5, 0.6) is 0 Å². The van der Waals surface area contributed by atoms with Gasteiger partial charge in [0.2, 0.25) is 0 Å². The Kier molecular flexibility index (Phi) is 5.11. The molecule has 2 heterocycles. The summed E-state index contributed by atoms with van der Waals surface area (Å²) in [7, 11) is 0. The van der Waals surface area contributed by atoms with Gasteiger partial charge in [0.05, 0.1) is 17.5 Å². The summed E-state index contributed by atoms with van der Waals surface area (Å²) in [6.45, 7) is 3.95. The van der Waals surface area contributed by atoms with Gasteiger partial charge in [-0.25, -0.2) is 9.18 Å². The third kappa shape index (κ3) is 3.91. The summed E-state index contributed by atoms with van der Waals surface area (Å²) in [6, 6.07) is 4.36. The molecule has 2 aromatic rings. The molecule has 4 amide bonds. The topological polar surface area (TPSA) is 104 Å². The predicted octanol–water partition coefficient (Wildman–Crippen LogP) is 2.33. The van der Waals surface area contributed by atoms with Crippen LogP contribution in [-0.2, 0) is 4.79 Å². The van der Waals surface area contributed by atoms with Gasteiger partial charge in [-0.15, -0.1) is 0 Å². The number of anilines is 2. The van der Waals surface area contributed by atoms with Crippen LogP contribution in [0.1, 0.15) is 23.0 Å². The van der Waals surface area contributed by atoms with Crippen LogP contribution in [0.15, 0.2) is 34.9 Å². The Hall–Kier alpha value is -3.36. The maximum Gasteiger partial charge on any atom is 0.324 e. The third-order valence-corrected chi connectivity index (χ3v) is 4.19. The molecule has 0 radical (unpaired) electrons. The van der Waals surface area contributed by atoms with Crippen molar-refractivity contribution in [3.8, 4) is 0 Å². The van der Waals surface area contributed by atoms with Crippen molar-refractivity contribution in [1.82, 2.24) is 10.2 Å². The van der Waals surface area contributed by atoms with Crippen molar-refractivity contribution in [1.29, 1.82) is 0 Å². The second-order valence-corrected chi connectivity index (χ2v) is 6.13. The first kappa shape index (κ1) is 18.4. The molecule has 1 atom stereocenters. The molecule has 1 aliphatic rings. The Morgan fingerprint density at radius 1 is 1.33 bits per heavy atom. The van der Waals surface area contributed by atoms with Crippen LogP contribution in [0.2, 0.25) is 0 Å². The van der Waals surface area contributed by atoms with Crippen LogP contribution >= 0.6 is 0 Å². The van der Waals surface area contributed by atoms with Crippen molar-refractivity contribution in [3.05, 3.63) is 47.7 Å². The fourth-order valence-corrected chi connectivity index (χ4v) is 2.75. The molecular formula is C18H19FN4O4. The molecule has 8 nitrogen and oxygen atoms in total. The first-order chi connectivity index (χ1) is 12.9. The largest absolute Gasteiger partial charge is 0.469 e. The molecule has 3 rings (SSSR count). The van der Waals surface area contributed by atoms with E-state index in [1.807, 2.05) is 0 Å². The van der Waals surface area contributed by atoms with Crippen molar-refractivity contribution in [3.63, 3.8) is 0 Å². The van der Waals surface area contributed by atoms with Gasteiger partial charge in [-0.3, -0.25) is 14.5 Å². The molecule has 0 aliphatic carbocycles. The summed E-state index contributed by atoms with van der Waals surface area (Å²) < 4.78 is 19.1. The minimum atomic E-state index is -0.709. The van der Waals surface area contributed by atoms with Gasteiger partial charge >= 0.3 is 6.03 Å². The number of imide groups is 1. The molecule has 0 spiro atoms. The van der Waals surface area contributed by atoms with E-state index < -0.39 is 29.7 Å². The maximum absolute atomic E-state index is 14.1. The van der Waals surface area contributed by atoms with Gasteiger partial charge in [0.1, 0.15) is 17.6 Å². The molecule has 0 bridgehead atoms. The highest BCUT2D eigenvalue weighted by molar-refractivity contribution is 6.05. The van der Waals surface area contributed by atoms with Crippen molar-refractivity contribution in [2.45, 2.75) is 19.9 Å². The van der Waals surface area contributed by atoms with Crippen LogP contribution in [-0.4, -0.2) is 41.9 Å². The minimum absolute atomic E-state index is 0.0378. The number of rotatable bonds is 5. The van der Waals surface area contributed by atoms with Gasteiger partial charge in [-0.1, -0.05) is 0 Å². The van der Waals surface area contributed by atoms with E-state index in [4.69, 9.17) is 4.42 Å². The lowest BCUT2D eigenvalue weighted by Crippen LogP contribution is -2.43. The summed E-state index contributed by atoms with van der Waals surface area (Å²) in [4.78, 5) is 37.3. The van der Waals surface area contributed by atoms with Gasteiger partial charge < -0.3 is 20.4 Å². The van der Waals surface area contributed by atoms with E-state index in [1.54, 1.807) is 13.8 Å². The van der Waals surface area contributed by atoms with Crippen LogP contribution < -0.4 is 16.0 Å². The van der Waals surface area contributed by atoms with E-state index in [-0.39, 0.29) is 5.69 Å². The number of carbonyl (C=O) groups excluding carboxylic acids is 3. The number of amides is 4. The van der Waals surface area contributed by atoms with Crippen LogP contribution in [0.3, 0.4) is 0 Å². The fourth-order valence-electron chi connectivity index (χ4n) is 2.75. The van der Waals surface area contributed by atoms with Crippen molar-refractivity contribution in [2.24, 2.45) is 0 Å². The average Bonchev–Trinajstić information content (AvgIpc) is 3.25. The zero-order valence-electron chi connectivity index (χ0n) is 14.8. The Bertz CT molecular complexity index is 895. The number of carbonyl (C=O) groups is 3. The molecule has 142 valence electrons. The lowest BCUT2D eigenvalue weighted by molar-refractivity contribution is -0.128. The van der Waals surface area contributed by atoms with E-state index in [0.29, 0.717) is 30.1 Å². The predicted molar refractivity (Wildman–Crippen MR) is 96.0 cm³/mol. The van der Waals surface area contributed by atoms with Gasteiger partial charge in [0, 0.05) is 18.8 Å². The number of benzene rings is 1. The van der Waals surface area contributed by atoms with Crippen LogP contribution in [0.4, 0.5) is 20.6 Å². The fraction of sp³-hybridized carbons (Fsp3) is 0.278. The molecule has 1 saturated heterocycles. The Balaban J connectivity index is 1.71. The maximum atomic E-state index is 14.1. The van der Waals surface area contributed by atoms with Gasteiger partial charge in [-0.2, -0.15) is 0 Å². The number of nitrogens with one attached hydrogen (secondary N) is 3. The zero-order valence-corrected chi connectivity index (χ0v) is 14.8. The van der Waals surface area contributed by atoms with Gasteiger partial charge in [0.15, 0.2) is 0 Å². The van der Waals surface area contributed by atoms with Crippen molar-refractivity contribution in [2.75, 3.05) is 23.7 Å². The van der Waals surface area contributed by atoms with E-state index in [9.17, 15) is 18.8 Å². The highest BCUT2D eigenvalue weighted by Crippen LogP contribution is 2.22. The lowest BCUT2D eigenvalue weighted by Gasteiger charge is -2.20. The number of nitrogens with zero attached hydrogens (tertiary/aromatic N) is 1.